The van der Waals surface area contributed by atoms with Crippen molar-refractivity contribution in [1.29, 1.82) is 0 Å². The molecule has 0 saturated heterocycles. The third kappa shape index (κ3) is 2.94. The van der Waals surface area contributed by atoms with Gasteiger partial charge in [-0.05, 0) is 39.4 Å². The monoisotopic (exact) mass is 276 g/mol. The number of nitrogens with one attached hydrogen (secondary N) is 1. The van der Waals surface area contributed by atoms with E-state index in [2.05, 4.69) is 28.5 Å². The number of aromatic nitrogens is 2. The molecule has 5 nitrogen and oxygen atoms in total. The Morgan fingerprint density at radius 2 is 2.20 bits per heavy atom. The number of imidazole rings is 1. The van der Waals surface area contributed by atoms with Gasteiger partial charge in [-0.25, -0.2) is 4.98 Å². The standard InChI is InChI=1S/C15H24N4O/c1-12(2)18(9-6-10-20)15-13(11-16-3)19-8-5-4-7-14(19)17-15/h4-5,7-8,12,16,20H,6,9-11H2,1-3H3. The van der Waals surface area contributed by atoms with Crippen LogP contribution in [0.15, 0.2) is 24.4 Å². The number of aliphatic hydroxyl groups excluding tert-OH is 1. The minimum atomic E-state index is 0.206. The van der Waals surface area contributed by atoms with Crippen molar-refractivity contribution < 1.29 is 5.11 Å². The Balaban J connectivity index is 2.46. The average Bonchev–Trinajstić information content (AvgIpc) is 2.78. The first-order chi connectivity index (χ1) is 9.69. The Morgan fingerprint density at radius 1 is 1.40 bits per heavy atom. The molecule has 0 saturated carbocycles. The summed E-state index contributed by atoms with van der Waals surface area (Å²) in [4.78, 5) is 7.03. The van der Waals surface area contributed by atoms with E-state index in [9.17, 15) is 0 Å². The average molecular weight is 276 g/mol. The van der Waals surface area contributed by atoms with Gasteiger partial charge in [0, 0.05) is 31.9 Å². The van der Waals surface area contributed by atoms with Gasteiger partial charge in [-0.1, -0.05) is 6.07 Å². The molecule has 0 unspecified atom stereocenters. The van der Waals surface area contributed by atoms with E-state index in [0.29, 0.717) is 6.04 Å². The molecule has 5 heteroatoms. The zero-order valence-corrected chi connectivity index (χ0v) is 12.5. The quantitative estimate of drug-likeness (QED) is 0.807. The fourth-order valence-corrected chi connectivity index (χ4v) is 2.45. The van der Waals surface area contributed by atoms with Gasteiger partial charge in [-0.2, -0.15) is 0 Å². The summed E-state index contributed by atoms with van der Waals surface area (Å²) >= 11 is 0. The van der Waals surface area contributed by atoms with Crippen LogP contribution >= 0.6 is 0 Å². The Hall–Kier alpha value is -1.59. The Labute approximate surface area is 120 Å². The lowest BCUT2D eigenvalue weighted by molar-refractivity contribution is 0.288. The van der Waals surface area contributed by atoms with Crippen LogP contribution in [0.1, 0.15) is 26.0 Å². The van der Waals surface area contributed by atoms with Crippen LogP contribution in [0, 0.1) is 0 Å². The first-order valence-corrected chi connectivity index (χ1v) is 7.17. The fraction of sp³-hybridized carbons (Fsp3) is 0.533. The molecule has 2 heterocycles. The van der Waals surface area contributed by atoms with E-state index in [1.165, 1.54) is 0 Å². The largest absolute Gasteiger partial charge is 0.396 e. The smallest absolute Gasteiger partial charge is 0.152 e. The number of rotatable bonds is 7. The van der Waals surface area contributed by atoms with Crippen LogP contribution in [0.25, 0.3) is 5.65 Å². The van der Waals surface area contributed by atoms with Gasteiger partial charge in [-0.15, -0.1) is 0 Å². The van der Waals surface area contributed by atoms with Crippen LogP contribution < -0.4 is 10.2 Å². The van der Waals surface area contributed by atoms with Crippen molar-refractivity contribution in [1.82, 2.24) is 14.7 Å². The van der Waals surface area contributed by atoms with Crippen LogP contribution in [0.5, 0.6) is 0 Å². The molecule has 0 fully saturated rings. The first-order valence-electron chi connectivity index (χ1n) is 7.17. The van der Waals surface area contributed by atoms with E-state index in [1.807, 2.05) is 31.4 Å². The van der Waals surface area contributed by atoms with Gasteiger partial charge in [0.1, 0.15) is 5.65 Å². The van der Waals surface area contributed by atoms with Crippen LogP contribution in [-0.4, -0.2) is 40.7 Å². The van der Waals surface area contributed by atoms with E-state index < -0.39 is 0 Å². The number of fused-ring (bicyclic) bond motifs is 1. The highest BCUT2D eigenvalue weighted by Crippen LogP contribution is 2.23. The number of hydrogen-bond donors (Lipinski definition) is 2. The predicted molar refractivity (Wildman–Crippen MR) is 82.1 cm³/mol. The molecule has 2 rings (SSSR count). The molecule has 0 aromatic carbocycles. The normalized spacial score (nSPS) is 11.4. The van der Waals surface area contributed by atoms with Gasteiger partial charge in [-0.3, -0.25) is 0 Å². The summed E-state index contributed by atoms with van der Waals surface area (Å²) in [6.45, 7) is 6.10. The lowest BCUT2D eigenvalue weighted by Gasteiger charge is -2.27. The van der Waals surface area contributed by atoms with Crippen LogP contribution in [0.2, 0.25) is 0 Å². The Bertz CT molecular complexity index is 550. The highest BCUT2D eigenvalue weighted by Gasteiger charge is 2.19. The van der Waals surface area contributed by atoms with Gasteiger partial charge in [0.2, 0.25) is 0 Å². The lowest BCUT2D eigenvalue weighted by atomic mass is 10.2. The van der Waals surface area contributed by atoms with Crippen LogP contribution in [0.4, 0.5) is 5.82 Å². The van der Waals surface area contributed by atoms with E-state index in [0.717, 1.165) is 36.7 Å². The second-order valence-electron chi connectivity index (χ2n) is 5.21. The minimum absolute atomic E-state index is 0.206. The van der Waals surface area contributed by atoms with E-state index in [-0.39, 0.29) is 6.61 Å². The van der Waals surface area contributed by atoms with Crippen molar-refractivity contribution in [2.45, 2.75) is 32.9 Å². The summed E-state index contributed by atoms with van der Waals surface area (Å²) in [5, 5.41) is 12.3. The minimum Gasteiger partial charge on any atom is -0.396 e. The van der Waals surface area contributed by atoms with Gasteiger partial charge >= 0.3 is 0 Å². The number of nitrogens with zero attached hydrogens (tertiary/aromatic N) is 3. The summed E-state index contributed by atoms with van der Waals surface area (Å²) < 4.78 is 2.13. The molecule has 2 aromatic heterocycles. The number of pyridine rings is 1. The van der Waals surface area contributed by atoms with E-state index in [1.54, 1.807) is 0 Å². The molecule has 0 aliphatic rings. The maximum absolute atomic E-state index is 9.09. The number of hydrogen-bond acceptors (Lipinski definition) is 4. The third-order valence-corrected chi connectivity index (χ3v) is 3.40. The summed E-state index contributed by atoms with van der Waals surface area (Å²) in [5.41, 5.74) is 2.12. The van der Waals surface area contributed by atoms with E-state index in [4.69, 9.17) is 10.1 Å². The molecular weight excluding hydrogens is 252 g/mol. The van der Waals surface area contributed by atoms with Gasteiger partial charge in [0.15, 0.2) is 5.82 Å². The molecule has 0 aliphatic carbocycles. The maximum atomic E-state index is 9.09. The van der Waals surface area contributed by atoms with Crippen molar-refractivity contribution in [3.05, 3.63) is 30.1 Å². The second kappa shape index (κ2) is 6.72. The van der Waals surface area contributed by atoms with Crippen molar-refractivity contribution in [3.8, 4) is 0 Å². The summed E-state index contributed by atoms with van der Waals surface area (Å²) in [6.07, 6.45) is 2.80. The van der Waals surface area contributed by atoms with Gasteiger partial charge < -0.3 is 19.7 Å². The van der Waals surface area contributed by atoms with Crippen LogP contribution in [0.3, 0.4) is 0 Å². The third-order valence-electron chi connectivity index (χ3n) is 3.40. The molecule has 0 amide bonds. The molecule has 0 atom stereocenters. The first kappa shape index (κ1) is 14.8. The van der Waals surface area contributed by atoms with Gasteiger partial charge in [0.05, 0.1) is 5.69 Å². The number of anilines is 1. The maximum Gasteiger partial charge on any atom is 0.152 e. The fourth-order valence-electron chi connectivity index (χ4n) is 2.45. The number of aliphatic hydroxyl groups is 1. The SMILES string of the molecule is CNCc1c(N(CCCO)C(C)C)nc2ccccn12. The van der Waals surface area contributed by atoms with E-state index >= 15 is 0 Å². The molecule has 2 N–H and O–H groups in total. The molecule has 0 bridgehead atoms. The van der Waals surface area contributed by atoms with Crippen LogP contribution in [-0.2, 0) is 6.54 Å². The summed E-state index contributed by atoms with van der Waals surface area (Å²) in [6, 6.07) is 6.39. The molecule has 0 spiro atoms. The summed E-state index contributed by atoms with van der Waals surface area (Å²) in [5.74, 6) is 1.01. The van der Waals surface area contributed by atoms with Crippen molar-refractivity contribution >= 4 is 11.5 Å². The molecule has 0 radical (unpaired) electrons. The van der Waals surface area contributed by atoms with Crippen molar-refractivity contribution in [3.63, 3.8) is 0 Å². The zero-order valence-electron chi connectivity index (χ0n) is 12.5. The second-order valence-corrected chi connectivity index (χ2v) is 5.21. The molecule has 20 heavy (non-hydrogen) atoms. The molecular formula is C15H24N4O. The Morgan fingerprint density at radius 3 is 2.85 bits per heavy atom. The van der Waals surface area contributed by atoms with Crippen molar-refractivity contribution in [2.24, 2.45) is 0 Å². The predicted octanol–water partition coefficient (Wildman–Crippen LogP) is 1.65. The molecule has 0 aliphatic heterocycles. The lowest BCUT2D eigenvalue weighted by Crippen LogP contribution is -2.33. The highest BCUT2D eigenvalue weighted by atomic mass is 16.3. The van der Waals surface area contributed by atoms with Gasteiger partial charge in [0.25, 0.3) is 0 Å². The zero-order chi connectivity index (χ0) is 14.5. The molecule has 110 valence electrons. The van der Waals surface area contributed by atoms with Crippen molar-refractivity contribution in [2.75, 3.05) is 25.1 Å². The Kier molecular flexibility index (Phi) is 4.98. The topological polar surface area (TPSA) is 52.8 Å². The summed E-state index contributed by atoms with van der Waals surface area (Å²) in [7, 11) is 1.94. The molecule has 2 aromatic rings. The highest BCUT2D eigenvalue weighted by molar-refractivity contribution is 5.56.